The van der Waals surface area contributed by atoms with E-state index in [4.69, 9.17) is 9.47 Å². The lowest BCUT2D eigenvalue weighted by molar-refractivity contribution is -0.139. The summed E-state index contributed by atoms with van der Waals surface area (Å²) in [6.07, 6.45) is 3.78. The van der Waals surface area contributed by atoms with Gasteiger partial charge in [-0.3, -0.25) is 4.90 Å². The number of likely N-dealkylation sites (N-methyl/N-ethyl adjacent to an activating group) is 1. The maximum atomic E-state index is 11.6. The Kier molecular flexibility index (Phi) is 2.55. The first-order chi connectivity index (χ1) is 7.61. The average molecular weight is 223 g/mol. The third-order valence-electron chi connectivity index (χ3n) is 3.05. The predicted octanol–water partition coefficient (Wildman–Crippen LogP) is -0.119. The maximum Gasteiger partial charge on any atom is 0.336 e. The summed E-state index contributed by atoms with van der Waals surface area (Å²) in [6.45, 7) is 0. The van der Waals surface area contributed by atoms with E-state index in [-0.39, 0.29) is 12.1 Å². The first-order valence-corrected chi connectivity index (χ1v) is 4.92. The number of esters is 2. The fraction of sp³-hybridized carbons (Fsp3) is 0.455. The lowest BCUT2D eigenvalue weighted by Gasteiger charge is -2.16. The normalized spacial score (nSPS) is 27.4. The minimum Gasteiger partial charge on any atom is -0.466 e. The Morgan fingerprint density at radius 1 is 1.06 bits per heavy atom. The van der Waals surface area contributed by atoms with Crippen LogP contribution in [0.25, 0.3) is 0 Å². The molecule has 0 aromatic rings. The zero-order valence-electron chi connectivity index (χ0n) is 9.39. The van der Waals surface area contributed by atoms with E-state index >= 15 is 0 Å². The van der Waals surface area contributed by atoms with Crippen molar-refractivity contribution < 1.29 is 19.1 Å². The fourth-order valence-electron chi connectivity index (χ4n) is 2.25. The number of nitrogens with zero attached hydrogens (tertiary/aromatic N) is 1. The highest BCUT2D eigenvalue weighted by Gasteiger charge is 2.46. The summed E-state index contributed by atoms with van der Waals surface area (Å²) in [7, 11) is 4.47. The molecule has 0 N–H and O–H groups in total. The van der Waals surface area contributed by atoms with Gasteiger partial charge in [0.1, 0.15) is 0 Å². The van der Waals surface area contributed by atoms with Gasteiger partial charge in [0, 0.05) is 0 Å². The molecule has 5 nitrogen and oxygen atoms in total. The Balaban J connectivity index is 2.45. The highest BCUT2D eigenvalue weighted by atomic mass is 16.5. The lowest BCUT2D eigenvalue weighted by Crippen LogP contribution is -2.29. The van der Waals surface area contributed by atoms with Gasteiger partial charge in [-0.15, -0.1) is 0 Å². The molecule has 0 saturated heterocycles. The van der Waals surface area contributed by atoms with Crippen molar-refractivity contribution in [2.45, 2.75) is 12.1 Å². The molecule has 5 heteroatoms. The monoisotopic (exact) mass is 223 g/mol. The van der Waals surface area contributed by atoms with Crippen molar-refractivity contribution in [3.8, 4) is 0 Å². The summed E-state index contributed by atoms with van der Waals surface area (Å²) >= 11 is 0. The van der Waals surface area contributed by atoms with E-state index in [0.717, 1.165) is 0 Å². The van der Waals surface area contributed by atoms with Gasteiger partial charge in [-0.05, 0) is 7.05 Å². The van der Waals surface area contributed by atoms with E-state index < -0.39 is 11.9 Å². The number of hydrogen-bond donors (Lipinski definition) is 0. The summed E-state index contributed by atoms with van der Waals surface area (Å²) in [5, 5.41) is 0. The molecule has 2 rings (SSSR count). The van der Waals surface area contributed by atoms with Crippen LogP contribution >= 0.6 is 0 Å². The second-order valence-electron chi connectivity index (χ2n) is 3.75. The van der Waals surface area contributed by atoms with Crippen LogP contribution in [0, 0.1) is 0 Å². The molecule has 0 radical (unpaired) electrons. The molecule has 2 aliphatic rings. The van der Waals surface area contributed by atoms with Gasteiger partial charge >= 0.3 is 11.9 Å². The van der Waals surface area contributed by atoms with Crippen LogP contribution in [0.4, 0.5) is 0 Å². The van der Waals surface area contributed by atoms with Gasteiger partial charge < -0.3 is 9.47 Å². The molecule has 16 heavy (non-hydrogen) atoms. The minimum atomic E-state index is -0.468. The Bertz CT molecular complexity index is 374. The zero-order valence-corrected chi connectivity index (χ0v) is 9.39. The number of rotatable bonds is 2. The summed E-state index contributed by atoms with van der Waals surface area (Å²) in [6, 6.07) is -0.349. The topological polar surface area (TPSA) is 55.8 Å². The van der Waals surface area contributed by atoms with E-state index in [9.17, 15) is 9.59 Å². The Morgan fingerprint density at radius 3 is 1.75 bits per heavy atom. The van der Waals surface area contributed by atoms with Gasteiger partial charge in [-0.2, -0.15) is 0 Å². The molecular formula is C11H13NO4. The maximum absolute atomic E-state index is 11.6. The first-order valence-electron chi connectivity index (χ1n) is 4.92. The van der Waals surface area contributed by atoms with E-state index in [1.165, 1.54) is 14.2 Å². The summed E-state index contributed by atoms with van der Waals surface area (Å²) in [5.74, 6) is -0.937. The van der Waals surface area contributed by atoms with Gasteiger partial charge in [0.15, 0.2) is 0 Å². The molecule has 2 bridgehead atoms. The Labute approximate surface area is 93.3 Å². The van der Waals surface area contributed by atoms with Crippen LogP contribution in [0.2, 0.25) is 0 Å². The number of hydrogen-bond acceptors (Lipinski definition) is 5. The number of methoxy groups -OCH3 is 2. The van der Waals surface area contributed by atoms with Crippen molar-refractivity contribution in [2.24, 2.45) is 0 Å². The molecule has 0 fully saturated rings. The fourth-order valence-corrected chi connectivity index (χ4v) is 2.25. The molecule has 0 unspecified atom stereocenters. The molecule has 2 atom stereocenters. The molecule has 0 amide bonds. The molecule has 86 valence electrons. The van der Waals surface area contributed by atoms with E-state index in [1.54, 1.807) is 0 Å². The average Bonchev–Trinajstić information content (AvgIpc) is 2.80. The quantitative estimate of drug-likeness (QED) is 0.482. The number of carbonyl (C=O) groups is 2. The minimum absolute atomic E-state index is 0.174. The van der Waals surface area contributed by atoms with Gasteiger partial charge in [0.05, 0.1) is 37.4 Å². The van der Waals surface area contributed by atoms with Crippen molar-refractivity contribution in [1.82, 2.24) is 4.90 Å². The Morgan fingerprint density at radius 2 is 1.44 bits per heavy atom. The van der Waals surface area contributed by atoms with Crippen molar-refractivity contribution >= 4 is 11.9 Å². The van der Waals surface area contributed by atoms with Crippen molar-refractivity contribution in [1.29, 1.82) is 0 Å². The van der Waals surface area contributed by atoms with E-state index in [1.807, 2.05) is 24.1 Å². The molecule has 0 aromatic heterocycles. The van der Waals surface area contributed by atoms with E-state index in [0.29, 0.717) is 11.1 Å². The van der Waals surface area contributed by atoms with Crippen LogP contribution in [0.5, 0.6) is 0 Å². The largest absolute Gasteiger partial charge is 0.466 e. The second kappa shape index (κ2) is 3.75. The lowest BCUT2D eigenvalue weighted by atomic mass is 9.97. The number of ether oxygens (including phenoxy) is 2. The molecule has 2 aliphatic heterocycles. The zero-order chi connectivity index (χ0) is 11.9. The SMILES string of the molecule is COC(=O)C1=C(C(=O)OC)[C@@H]2C=C[C@H]1N2C. The summed E-state index contributed by atoms with van der Waals surface area (Å²) in [5.41, 5.74) is 0.786. The smallest absolute Gasteiger partial charge is 0.336 e. The molecule has 0 saturated carbocycles. The highest BCUT2D eigenvalue weighted by molar-refractivity contribution is 6.04. The molecule has 2 heterocycles. The molecule has 0 spiro atoms. The van der Waals surface area contributed by atoms with Crippen LogP contribution in [0.15, 0.2) is 23.3 Å². The molecule has 0 aromatic carbocycles. The van der Waals surface area contributed by atoms with Crippen molar-refractivity contribution in [3.05, 3.63) is 23.3 Å². The second-order valence-corrected chi connectivity index (χ2v) is 3.75. The van der Waals surface area contributed by atoms with Gasteiger partial charge in [-0.1, -0.05) is 12.2 Å². The summed E-state index contributed by atoms with van der Waals surface area (Å²) < 4.78 is 9.39. The van der Waals surface area contributed by atoms with Crippen molar-refractivity contribution in [2.75, 3.05) is 21.3 Å². The van der Waals surface area contributed by atoms with E-state index in [2.05, 4.69) is 0 Å². The Hall–Kier alpha value is -1.62. The van der Waals surface area contributed by atoms with Crippen LogP contribution in [-0.2, 0) is 19.1 Å². The first kappa shape index (κ1) is 10.9. The third-order valence-corrected chi connectivity index (χ3v) is 3.05. The van der Waals surface area contributed by atoms with Crippen LogP contribution in [0.3, 0.4) is 0 Å². The number of carbonyl (C=O) groups excluding carboxylic acids is 2. The standard InChI is InChI=1S/C11H13NO4/c1-12-6-4-5-7(12)9(11(14)16-3)8(6)10(13)15-2/h4-7H,1-3H3/t6-,7+. The predicted molar refractivity (Wildman–Crippen MR) is 55.5 cm³/mol. The highest BCUT2D eigenvalue weighted by Crippen LogP contribution is 2.37. The van der Waals surface area contributed by atoms with Crippen LogP contribution in [0.1, 0.15) is 0 Å². The third kappa shape index (κ3) is 1.28. The van der Waals surface area contributed by atoms with Gasteiger partial charge in [0.25, 0.3) is 0 Å². The van der Waals surface area contributed by atoms with Crippen molar-refractivity contribution in [3.63, 3.8) is 0 Å². The molecular weight excluding hydrogens is 210 g/mol. The molecule has 0 aliphatic carbocycles. The van der Waals surface area contributed by atoms with Gasteiger partial charge in [-0.25, -0.2) is 9.59 Å². The number of fused-ring (bicyclic) bond motifs is 2. The van der Waals surface area contributed by atoms with Gasteiger partial charge in [0.2, 0.25) is 0 Å². The van der Waals surface area contributed by atoms with Crippen LogP contribution in [-0.4, -0.2) is 50.2 Å². The van der Waals surface area contributed by atoms with Crippen LogP contribution < -0.4 is 0 Å². The summed E-state index contributed by atoms with van der Waals surface area (Å²) in [4.78, 5) is 25.2.